The molecule has 4 nitrogen and oxygen atoms in total. The average Bonchev–Trinajstić information content (AvgIpc) is 2.91. The topological polar surface area (TPSA) is 71.4 Å². The van der Waals surface area contributed by atoms with E-state index in [2.05, 4.69) is 13.8 Å². The Kier molecular flexibility index (Phi) is 4.65. The highest BCUT2D eigenvalue weighted by molar-refractivity contribution is 6.00. The van der Waals surface area contributed by atoms with E-state index in [-0.39, 0.29) is 46.8 Å². The molecule has 4 fully saturated rings. The van der Waals surface area contributed by atoms with Crippen molar-refractivity contribution < 1.29 is 19.5 Å². The Morgan fingerprint density at radius 1 is 1.07 bits per heavy atom. The molecule has 0 aromatic carbocycles. The van der Waals surface area contributed by atoms with E-state index in [9.17, 15) is 19.5 Å². The van der Waals surface area contributed by atoms with Crippen molar-refractivity contribution in [3.63, 3.8) is 0 Å². The van der Waals surface area contributed by atoms with Crippen LogP contribution >= 0.6 is 0 Å². The molecule has 4 saturated carbocycles. The number of Topliss-reactive ketones (excluding diaryl/α,β-unsaturated/α-hetero) is 3. The Morgan fingerprint density at radius 2 is 1.81 bits per heavy atom. The first kappa shape index (κ1) is 19.3. The van der Waals surface area contributed by atoms with Crippen LogP contribution in [0.4, 0.5) is 0 Å². The number of carbonyl (C=O) groups is 3. The van der Waals surface area contributed by atoms with Gasteiger partial charge in [0.15, 0.2) is 0 Å². The second-order valence-electron chi connectivity index (χ2n) is 10.6. The zero-order valence-electron chi connectivity index (χ0n) is 17.0. The molecule has 4 heteroatoms. The van der Waals surface area contributed by atoms with E-state index in [1.54, 1.807) is 0 Å². The normalized spacial score (nSPS) is 49.1. The van der Waals surface area contributed by atoms with Crippen LogP contribution in [-0.4, -0.2) is 28.6 Å². The summed E-state index contributed by atoms with van der Waals surface area (Å²) in [7, 11) is 0. The third-order valence-electron chi connectivity index (χ3n) is 9.13. The molecule has 8 atom stereocenters. The zero-order valence-corrected chi connectivity index (χ0v) is 17.0. The molecule has 150 valence electrons. The third-order valence-corrected chi connectivity index (χ3v) is 9.13. The van der Waals surface area contributed by atoms with Gasteiger partial charge in [0.1, 0.15) is 17.3 Å². The lowest BCUT2D eigenvalue weighted by Gasteiger charge is -2.59. The molecule has 4 aliphatic rings. The SMILES string of the molecule is CC(=O)CC(=O)[C@H]1CC[C@H]2[C@@H]3CC[C@H]4C[C@H](O)CC[C@]4(C)[C@H]3C(=O)C[C@]12C. The molecule has 0 heterocycles. The van der Waals surface area contributed by atoms with Gasteiger partial charge >= 0.3 is 0 Å². The van der Waals surface area contributed by atoms with Crippen LogP contribution in [0.1, 0.15) is 78.6 Å². The standard InChI is InChI=1S/C23H34O4/c1-13(24)10-19(26)18-7-6-17-16-5-4-14-11-15(25)8-9-22(14,2)21(16)20(27)12-23(17,18)3/h14-18,21,25H,4-12H2,1-3H3/t14-,15+,16-,17-,18+,21+,22-,23-/m0/s1. The fourth-order valence-electron chi connectivity index (χ4n) is 7.95. The molecule has 0 aromatic rings. The lowest BCUT2D eigenvalue weighted by molar-refractivity contribution is -0.162. The molecule has 4 aliphatic carbocycles. The Hall–Kier alpha value is -1.03. The van der Waals surface area contributed by atoms with E-state index in [0.29, 0.717) is 30.0 Å². The maximum atomic E-state index is 13.5. The van der Waals surface area contributed by atoms with Crippen LogP contribution in [0.3, 0.4) is 0 Å². The lowest BCUT2D eigenvalue weighted by atomic mass is 9.44. The molecule has 0 aromatic heterocycles. The number of fused-ring (bicyclic) bond motifs is 5. The van der Waals surface area contributed by atoms with Crippen LogP contribution in [-0.2, 0) is 14.4 Å². The van der Waals surface area contributed by atoms with E-state index >= 15 is 0 Å². The molecule has 27 heavy (non-hydrogen) atoms. The lowest BCUT2D eigenvalue weighted by Crippen LogP contribution is -2.58. The summed E-state index contributed by atoms with van der Waals surface area (Å²) in [6.45, 7) is 5.93. The Bertz CT molecular complexity index is 669. The van der Waals surface area contributed by atoms with Gasteiger partial charge in [-0.2, -0.15) is 0 Å². The van der Waals surface area contributed by atoms with Gasteiger partial charge < -0.3 is 5.11 Å². The molecule has 4 rings (SSSR count). The largest absolute Gasteiger partial charge is 0.393 e. The highest BCUT2D eigenvalue weighted by Gasteiger charge is 2.63. The van der Waals surface area contributed by atoms with Crippen molar-refractivity contribution in [2.75, 3.05) is 0 Å². The molecule has 0 spiro atoms. The summed E-state index contributed by atoms with van der Waals surface area (Å²) in [5.41, 5.74) is -0.246. The van der Waals surface area contributed by atoms with E-state index in [4.69, 9.17) is 0 Å². The quantitative estimate of drug-likeness (QED) is 0.764. The van der Waals surface area contributed by atoms with Gasteiger partial charge in [-0.25, -0.2) is 0 Å². The summed E-state index contributed by atoms with van der Waals surface area (Å²) in [5.74, 6) is 1.56. The monoisotopic (exact) mass is 374 g/mol. The van der Waals surface area contributed by atoms with E-state index in [1.165, 1.54) is 6.92 Å². The van der Waals surface area contributed by atoms with Crippen LogP contribution in [0.15, 0.2) is 0 Å². The molecule has 0 aliphatic heterocycles. The molecular formula is C23H34O4. The second kappa shape index (κ2) is 6.50. The van der Waals surface area contributed by atoms with Crippen LogP contribution in [0.5, 0.6) is 0 Å². The number of hydrogen-bond acceptors (Lipinski definition) is 4. The van der Waals surface area contributed by atoms with Gasteiger partial charge in [0.25, 0.3) is 0 Å². The summed E-state index contributed by atoms with van der Waals surface area (Å²) in [6, 6.07) is 0. The minimum atomic E-state index is -0.262. The molecular weight excluding hydrogens is 340 g/mol. The highest BCUT2D eigenvalue weighted by Crippen LogP contribution is 2.66. The predicted molar refractivity (Wildman–Crippen MR) is 102 cm³/mol. The summed E-state index contributed by atoms with van der Waals surface area (Å²) in [5, 5.41) is 10.1. The minimum absolute atomic E-state index is 0.0159. The number of carbonyl (C=O) groups excluding carboxylic acids is 3. The van der Waals surface area contributed by atoms with Crippen LogP contribution in [0, 0.1) is 40.4 Å². The van der Waals surface area contributed by atoms with Crippen molar-refractivity contribution in [2.45, 2.75) is 84.7 Å². The van der Waals surface area contributed by atoms with Crippen molar-refractivity contribution in [1.29, 1.82) is 0 Å². The van der Waals surface area contributed by atoms with Gasteiger partial charge in [0.2, 0.25) is 0 Å². The smallest absolute Gasteiger partial charge is 0.143 e. The van der Waals surface area contributed by atoms with Crippen LogP contribution in [0.2, 0.25) is 0 Å². The van der Waals surface area contributed by atoms with Crippen molar-refractivity contribution in [3.05, 3.63) is 0 Å². The van der Waals surface area contributed by atoms with Crippen molar-refractivity contribution >= 4 is 17.3 Å². The minimum Gasteiger partial charge on any atom is -0.393 e. The summed E-state index contributed by atoms with van der Waals surface area (Å²) in [6.07, 6.45) is 6.92. The zero-order chi connectivity index (χ0) is 19.6. The van der Waals surface area contributed by atoms with Gasteiger partial charge in [0.05, 0.1) is 12.5 Å². The number of aliphatic hydroxyl groups is 1. The Balaban J connectivity index is 1.62. The third kappa shape index (κ3) is 2.85. The Morgan fingerprint density at radius 3 is 2.52 bits per heavy atom. The molecule has 0 bridgehead atoms. The van der Waals surface area contributed by atoms with Gasteiger partial charge in [-0.1, -0.05) is 13.8 Å². The first-order valence-corrected chi connectivity index (χ1v) is 10.9. The van der Waals surface area contributed by atoms with E-state index in [0.717, 1.165) is 44.9 Å². The van der Waals surface area contributed by atoms with Gasteiger partial charge in [-0.3, -0.25) is 14.4 Å². The highest BCUT2D eigenvalue weighted by atomic mass is 16.3. The maximum Gasteiger partial charge on any atom is 0.143 e. The molecule has 0 amide bonds. The Labute approximate surface area is 162 Å². The van der Waals surface area contributed by atoms with E-state index in [1.807, 2.05) is 0 Å². The second-order valence-corrected chi connectivity index (χ2v) is 10.6. The summed E-state index contributed by atoms with van der Waals surface area (Å²) < 4.78 is 0. The number of ketones is 3. The van der Waals surface area contributed by atoms with Crippen LogP contribution in [0.25, 0.3) is 0 Å². The first-order chi connectivity index (χ1) is 12.7. The molecule has 0 radical (unpaired) electrons. The fourth-order valence-corrected chi connectivity index (χ4v) is 7.95. The van der Waals surface area contributed by atoms with Gasteiger partial charge in [0, 0.05) is 18.3 Å². The maximum absolute atomic E-state index is 13.5. The molecule has 0 unspecified atom stereocenters. The van der Waals surface area contributed by atoms with Crippen molar-refractivity contribution in [2.24, 2.45) is 40.4 Å². The first-order valence-electron chi connectivity index (χ1n) is 10.9. The number of aliphatic hydroxyl groups excluding tert-OH is 1. The summed E-state index contributed by atoms with van der Waals surface area (Å²) in [4.78, 5) is 37.7. The predicted octanol–water partition coefficient (Wildman–Crippen LogP) is 3.73. The average molecular weight is 375 g/mol. The fraction of sp³-hybridized carbons (Fsp3) is 0.870. The summed E-state index contributed by atoms with van der Waals surface area (Å²) >= 11 is 0. The number of rotatable bonds is 3. The molecule has 0 saturated heterocycles. The van der Waals surface area contributed by atoms with Gasteiger partial charge in [-0.15, -0.1) is 0 Å². The van der Waals surface area contributed by atoms with E-state index < -0.39 is 0 Å². The van der Waals surface area contributed by atoms with Crippen molar-refractivity contribution in [3.8, 4) is 0 Å². The van der Waals surface area contributed by atoms with Crippen molar-refractivity contribution in [1.82, 2.24) is 0 Å². The number of hydrogen-bond donors (Lipinski definition) is 1. The molecule has 1 N–H and O–H groups in total. The van der Waals surface area contributed by atoms with Crippen LogP contribution < -0.4 is 0 Å². The van der Waals surface area contributed by atoms with Gasteiger partial charge in [-0.05, 0) is 80.5 Å².